The van der Waals surface area contributed by atoms with Crippen LogP contribution in [0.25, 0.3) is 0 Å². The van der Waals surface area contributed by atoms with E-state index in [1.165, 1.54) is 19.2 Å². The number of alkyl halides is 3. The molecule has 0 saturated carbocycles. The summed E-state index contributed by atoms with van der Waals surface area (Å²) in [4.78, 5) is 2.15. The molecule has 2 fully saturated rings. The second-order valence-corrected chi connectivity index (χ2v) is 6.36. The first kappa shape index (κ1) is 16.5. The molecule has 0 aromatic heterocycles. The topological polar surface area (TPSA) is 41.9 Å². The molecule has 0 amide bonds. The summed E-state index contributed by atoms with van der Waals surface area (Å²) in [6, 6.07) is 3.82. The number of hydrogen-bond donors (Lipinski definition) is 1. The van der Waals surface area contributed by atoms with Gasteiger partial charge in [-0.25, -0.2) is 0 Å². The van der Waals surface area contributed by atoms with Crippen molar-refractivity contribution < 1.29 is 27.8 Å². The van der Waals surface area contributed by atoms with Crippen LogP contribution in [0, 0.1) is 0 Å². The summed E-state index contributed by atoms with van der Waals surface area (Å²) in [5.74, 6) is -0.235. The zero-order chi connectivity index (χ0) is 16.8. The van der Waals surface area contributed by atoms with E-state index in [4.69, 9.17) is 9.47 Å². The fourth-order valence-electron chi connectivity index (χ4n) is 3.60. The van der Waals surface area contributed by atoms with Gasteiger partial charge in [0.15, 0.2) is 0 Å². The Labute approximate surface area is 132 Å². The van der Waals surface area contributed by atoms with Crippen molar-refractivity contribution in [1.82, 2.24) is 4.90 Å². The summed E-state index contributed by atoms with van der Waals surface area (Å²) in [6.45, 7) is 0.967. The molecule has 2 aliphatic rings. The number of methoxy groups -OCH3 is 1. The van der Waals surface area contributed by atoms with Crippen molar-refractivity contribution in [2.45, 2.75) is 36.7 Å². The lowest BCUT2D eigenvalue weighted by atomic mass is 9.76. The minimum Gasteiger partial charge on any atom is -0.496 e. The van der Waals surface area contributed by atoms with Gasteiger partial charge in [0.1, 0.15) is 5.75 Å². The predicted molar refractivity (Wildman–Crippen MR) is 77.3 cm³/mol. The molecule has 0 radical (unpaired) electrons. The molecule has 3 rings (SSSR count). The van der Waals surface area contributed by atoms with Crippen LogP contribution in [-0.2, 0) is 16.5 Å². The van der Waals surface area contributed by atoms with E-state index in [1.54, 1.807) is 0 Å². The number of ether oxygens (including phenoxy) is 2. The number of rotatable bonds is 2. The van der Waals surface area contributed by atoms with E-state index < -0.39 is 17.3 Å². The molecule has 4 nitrogen and oxygen atoms in total. The first-order chi connectivity index (χ1) is 10.7. The van der Waals surface area contributed by atoms with Crippen molar-refractivity contribution in [2.75, 3.05) is 27.4 Å². The molecule has 2 atom stereocenters. The highest BCUT2D eigenvalue weighted by molar-refractivity contribution is 5.41. The first-order valence-corrected chi connectivity index (χ1v) is 7.52. The fraction of sp³-hybridized carbons (Fsp3) is 0.625. The number of benzene rings is 1. The van der Waals surface area contributed by atoms with E-state index in [-0.39, 0.29) is 23.4 Å². The maximum Gasteiger partial charge on any atom is 0.419 e. The number of halogens is 3. The molecule has 2 heterocycles. The normalized spacial score (nSPS) is 31.9. The molecule has 0 spiro atoms. The van der Waals surface area contributed by atoms with Gasteiger partial charge in [-0.15, -0.1) is 0 Å². The average molecular weight is 331 g/mol. The van der Waals surface area contributed by atoms with Gasteiger partial charge in [-0.05, 0) is 37.6 Å². The van der Waals surface area contributed by atoms with E-state index in [2.05, 4.69) is 4.90 Å². The maximum atomic E-state index is 13.2. The molecule has 2 unspecified atom stereocenters. The third-order valence-corrected chi connectivity index (χ3v) is 4.96. The molecule has 0 aliphatic carbocycles. The monoisotopic (exact) mass is 331 g/mol. The summed E-state index contributed by atoms with van der Waals surface area (Å²) in [5, 5.41) is 11.0. The Balaban J connectivity index is 1.98. The third-order valence-electron chi connectivity index (χ3n) is 4.96. The van der Waals surface area contributed by atoms with Crippen LogP contribution in [0.3, 0.4) is 0 Å². The third kappa shape index (κ3) is 2.93. The second kappa shape index (κ2) is 5.65. The van der Waals surface area contributed by atoms with Gasteiger partial charge in [0.25, 0.3) is 0 Å². The molecule has 1 aromatic rings. The van der Waals surface area contributed by atoms with Gasteiger partial charge >= 0.3 is 6.18 Å². The Morgan fingerprint density at radius 3 is 2.39 bits per heavy atom. The second-order valence-electron chi connectivity index (χ2n) is 6.36. The Morgan fingerprint density at radius 1 is 1.26 bits per heavy atom. The number of likely N-dealkylation sites (N-methyl/N-ethyl adjacent to an activating group) is 1. The lowest BCUT2D eigenvalue weighted by molar-refractivity contribution is -0.142. The summed E-state index contributed by atoms with van der Waals surface area (Å²) in [5.41, 5.74) is -1.85. The minimum absolute atomic E-state index is 0.00365. The van der Waals surface area contributed by atoms with Crippen LogP contribution in [0.2, 0.25) is 0 Å². The number of aliphatic hydroxyl groups is 1. The summed E-state index contributed by atoms with van der Waals surface area (Å²) < 4.78 is 49.9. The Kier molecular flexibility index (Phi) is 4.06. The number of piperidine rings is 1. The molecular formula is C16H20F3NO3. The SMILES string of the molecule is COc1ccc(C2(O)CC3COCC(C2)N3C)cc1C(F)(F)F. The number of morpholine rings is 1. The van der Waals surface area contributed by atoms with Crippen molar-refractivity contribution in [3.63, 3.8) is 0 Å². The average Bonchev–Trinajstić information content (AvgIpc) is 2.47. The van der Waals surface area contributed by atoms with E-state index in [0.717, 1.165) is 6.07 Å². The lowest BCUT2D eigenvalue weighted by Crippen LogP contribution is -2.59. The standard InChI is InChI=1S/C16H20F3NO3/c1-20-11-6-15(21,7-12(20)9-23-8-11)10-3-4-14(22-2)13(5-10)16(17,18)19/h3-5,11-12,21H,6-9H2,1-2H3. The molecule has 2 aliphatic heterocycles. The van der Waals surface area contributed by atoms with E-state index in [1.807, 2.05) is 7.05 Å². The van der Waals surface area contributed by atoms with Crippen LogP contribution in [0.1, 0.15) is 24.0 Å². The number of nitrogens with zero attached hydrogens (tertiary/aromatic N) is 1. The maximum absolute atomic E-state index is 13.2. The van der Waals surface area contributed by atoms with Crippen molar-refractivity contribution in [3.05, 3.63) is 29.3 Å². The van der Waals surface area contributed by atoms with Gasteiger partial charge in [0, 0.05) is 12.1 Å². The van der Waals surface area contributed by atoms with E-state index in [9.17, 15) is 18.3 Å². The van der Waals surface area contributed by atoms with Crippen molar-refractivity contribution in [1.29, 1.82) is 0 Å². The van der Waals surface area contributed by atoms with E-state index in [0.29, 0.717) is 26.1 Å². The molecule has 7 heteroatoms. The van der Waals surface area contributed by atoms with Crippen LogP contribution in [0.4, 0.5) is 13.2 Å². The molecular weight excluding hydrogens is 311 g/mol. The Morgan fingerprint density at radius 2 is 1.87 bits per heavy atom. The fourth-order valence-corrected chi connectivity index (χ4v) is 3.60. The Hall–Kier alpha value is -1.31. The summed E-state index contributed by atoms with van der Waals surface area (Å²) in [6.07, 6.45) is -3.82. The zero-order valence-electron chi connectivity index (χ0n) is 13.1. The van der Waals surface area contributed by atoms with Gasteiger partial charge < -0.3 is 14.6 Å². The smallest absolute Gasteiger partial charge is 0.419 e. The lowest BCUT2D eigenvalue weighted by Gasteiger charge is -2.50. The zero-order valence-corrected chi connectivity index (χ0v) is 13.1. The van der Waals surface area contributed by atoms with Gasteiger partial charge in [-0.2, -0.15) is 13.2 Å². The van der Waals surface area contributed by atoms with Crippen LogP contribution in [0.15, 0.2) is 18.2 Å². The predicted octanol–water partition coefficient (Wildman–Crippen LogP) is 2.39. The number of hydrogen-bond acceptors (Lipinski definition) is 4. The highest BCUT2D eigenvalue weighted by Gasteiger charge is 2.46. The van der Waals surface area contributed by atoms with Crippen molar-refractivity contribution in [2.24, 2.45) is 0 Å². The molecule has 2 bridgehead atoms. The van der Waals surface area contributed by atoms with Gasteiger partial charge in [0.2, 0.25) is 0 Å². The highest BCUT2D eigenvalue weighted by atomic mass is 19.4. The molecule has 1 aromatic carbocycles. The minimum atomic E-state index is -4.53. The number of fused-ring (bicyclic) bond motifs is 2. The van der Waals surface area contributed by atoms with Gasteiger partial charge in [-0.3, -0.25) is 4.90 Å². The molecule has 23 heavy (non-hydrogen) atoms. The largest absolute Gasteiger partial charge is 0.496 e. The molecule has 2 saturated heterocycles. The van der Waals surface area contributed by atoms with Crippen molar-refractivity contribution in [3.8, 4) is 5.75 Å². The van der Waals surface area contributed by atoms with Crippen LogP contribution in [0.5, 0.6) is 5.75 Å². The highest BCUT2D eigenvalue weighted by Crippen LogP contribution is 2.44. The van der Waals surface area contributed by atoms with Gasteiger partial charge in [-0.1, -0.05) is 6.07 Å². The van der Waals surface area contributed by atoms with Gasteiger partial charge in [0.05, 0.1) is 31.5 Å². The molecule has 128 valence electrons. The van der Waals surface area contributed by atoms with Crippen molar-refractivity contribution >= 4 is 0 Å². The van der Waals surface area contributed by atoms with Crippen LogP contribution < -0.4 is 4.74 Å². The van der Waals surface area contributed by atoms with Crippen LogP contribution >= 0.6 is 0 Å². The quantitative estimate of drug-likeness (QED) is 0.904. The summed E-state index contributed by atoms with van der Waals surface area (Å²) >= 11 is 0. The van der Waals surface area contributed by atoms with E-state index >= 15 is 0 Å². The first-order valence-electron chi connectivity index (χ1n) is 7.52. The summed E-state index contributed by atoms with van der Waals surface area (Å²) in [7, 11) is 3.17. The Bertz CT molecular complexity index is 576. The molecule has 1 N–H and O–H groups in total. The van der Waals surface area contributed by atoms with Crippen LogP contribution in [-0.4, -0.2) is 49.5 Å².